The molecule has 0 bridgehead atoms. The van der Waals surface area contributed by atoms with E-state index in [4.69, 9.17) is 13.9 Å². The fourth-order valence-electron chi connectivity index (χ4n) is 1.74. The van der Waals surface area contributed by atoms with Crippen LogP contribution in [0.15, 0.2) is 26.0 Å². The second kappa shape index (κ2) is 4.63. The second-order valence-corrected chi connectivity index (χ2v) is 3.83. The van der Waals surface area contributed by atoms with Crippen LogP contribution in [-0.2, 0) is 0 Å². The molecule has 1 N–H and O–H groups in total. The number of aliphatic hydroxyl groups is 1. The quantitative estimate of drug-likeness (QED) is 0.873. The predicted octanol–water partition coefficient (Wildman–Crippen LogP) is 1.51. The van der Waals surface area contributed by atoms with Gasteiger partial charge in [-0.25, -0.2) is 0 Å². The molecule has 2 aromatic rings. The molecule has 0 spiro atoms. The van der Waals surface area contributed by atoms with Gasteiger partial charge in [-0.15, -0.1) is 0 Å². The maximum atomic E-state index is 11.8. The number of hydrogen-bond donors (Lipinski definition) is 1. The molecule has 0 aromatic carbocycles. The van der Waals surface area contributed by atoms with Gasteiger partial charge in [0.15, 0.2) is 11.5 Å². The van der Waals surface area contributed by atoms with E-state index in [2.05, 4.69) is 0 Å². The van der Waals surface area contributed by atoms with Crippen molar-refractivity contribution in [2.24, 2.45) is 0 Å². The lowest BCUT2D eigenvalue weighted by molar-refractivity contribution is 0.300. The van der Waals surface area contributed by atoms with E-state index in [1.165, 1.54) is 12.3 Å². The van der Waals surface area contributed by atoms with E-state index in [9.17, 15) is 4.79 Å². The average molecular weight is 237 g/mol. The van der Waals surface area contributed by atoms with Gasteiger partial charge in [0.2, 0.25) is 11.0 Å². The topological polar surface area (TPSA) is 66.8 Å². The van der Waals surface area contributed by atoms with Crippen LogP contribution >= 0.6 is 0 Å². The van der Waals surface area contributed by atoms with Crippen molar-refractivity contribution in [3.05, 3.63) is 28.1 Å². The summed E-state index contributed by atoms with van der Waals surface area (Å²) in [5.74, 6) is 0.462. The van der Waals surface area contributed by atoms with Crippen LogP contribution in [0, 0.1) is 6.92 Å². The molecule has 5 nitrogen and oxygen atoms in total. The summed E-state index contributed by atoms with van der Waals surface area (Å²) < 4.78 is 10.8. The molecule has 0 unspecified atom stereocenters. The summed E-state index contributed by atoms with van der Waals surface area (Å²) in [7, 11) is 0. The Morgan fingerprint density at radius 1 is 1.41 bits per heavy atom. The first-order valence-electron chi connectivity index (χ1n) is 5.55. The number of nitrogens with zero attached hydrogens (tertiary/aromatic N) is 1. The first-order valence-corrected chi connectivity index (χ1v) is 5.55. The Hall–Kier alpha value is -1.75. The van der Waals surface area contributed by atoms with Crippen molar-refractivity contribution in [2.45, 2.75) is 13.8 Å². The molecule has 92 valence electrons. The van der Waals surface area contributed by atoms with Crippen molar-refractivity contribution >= 4 is 17.1 Å². The Bertz CT molecular complexity index is 569. The largest absolute Gasteiger partial charge is 0.456 e. The molecule has 17 heavy (non-hydrogen) atoms. The molecule has 2 heterocycles. The fourth-order valence-corrected chi connectivity index (χ4v) is 1.74. The first kappa shape index (κ1) is 11.7. The Kier molecular flexibility index (Phi) is 3.19. The van der Waals surface area contributed by atoms with E-state index < -0.39 is 0 Å². The van der Waals surface area contributed by atoms with E-state index in [0.29, 0.717) is 24.6 Å². The molecule has 0 saturated carbocycles. The zero-order valence-corrected chi connectivity index (χ0v) is 9.90. The number of aliphatic hydroxyl groups excluding tert-OH is 1. The van der Waals surface area contributed by atoms with Gasteiger partial charge in [0, 0.05) is 18.7 Å². The lowest BCUT2D eigenvalue weighted by Crippen LogP contribution is -2.26. The lowest BCUT2D eigenvalue weighted by Gasteiger charge is -2.19. The molecule has 0 aliphatic carbocycles. The molecular formula is C12H15NO4. The zero-order valence-electron chi connectivity index (χ0n) is 9.90. The molecule has 0 aliphatic rings. The van der Waals surface area contributed by atoms with Gasteiger partial charge in [-0.2, -0.15) is 0 Å². The third-order valence-corrected chi connectivity index (χ3v) is 2.67. The van der Waals surface area contributed by atoms with Crippen molar-refractivity contribution in [1.29, 1.82) is 0 Å². The highest BCUT2D eigenvalue weighted by Crippen LogP contribution is 2.22. The van der Waals surface area contributed by atoms with E-state index in [-0.39, 0.29) is 17.6 Å². The van der Waals surface area contributed by atoms with Gasteiger partial charge in [-0.1, -0.05) is 0 Å². The Morgan fingerprint density at radius 2 is 2.18 bits per heavy atom. The van der Waals surface area contributed by atoms with Crippen molar-refractivity contribution in [3.63, 3.8) is 0 Å². The van der Waals surface area contributed by atoms with Gasteiger partial charge in [-0.05, 0) is 13.8 Å². The molecule has 0 fully saturated rings. The normalized spacial score (nSPS) is 11.0. The van der Waals surface area contributed by atoms with Crippen LogP contribution in [0.2, 0.25) is 0 Å². The minimum Gasteiger partial charge on any atom is -0.456 e. The molecule has 0 saturated heterocycles. The molecule has 2 rings (SSSR count). The molecule has 2 aromatic heterocycles. The Labute approximate surface area is 98.3 Å². The zero-order chi connectivity index (χ0) is 12.4. The van der Waals surface area contributed by atoms with Crippen molar-refractivity contribution in [2.75, 3.05) is 24.6 Å². The summed E-state index contributed by atoms with van der Waals surface area (Å²) in [4.78, 5) is 13.6. The van der Waals surface area contributed by atoms with Crippen LogP contribution in [0.25, 0.3) is 11.2 Å². The van der Waals surface area contributed by atoms with Gasteiger partial charge in [0.05, 0.1) is 18.9 Å². The number of likely N-dealkylation sites (N-methyl/N-ethyl adjacent to an activating group) is 1. The maximum Gasteiger partial charge on any atom is 0.230 e. The van der Waals surface area contributed by atoms with Crippen molar-refractivity contribution in [3.8, 4) is 0 Å². The number of hydrogen-bond acceptors (Lipinski definition) is 5. The number of aryl methyl sites for hydroxylation is 1. The monoisotopic (exact) mass is 237 g/mol. The minimum absolute atomic E-state index is 0.0138. The first-order chi connectivity index (χ1) is 8.17. The third-order valence-electron chi connectivity index (χ3n) is 2.67. The van der Waals surface area contributed by atoms with Gasteiger partial charge in [-0.3, -0.25) is 4.79 Å². The van der Waals surface area contributed by atoms with E-state index >= 15 is 0 Å². The van der Waals surface area contributed by atoms with Gasteiger partial charge in [0.1, 0.15) is 0 Å². The molecule has 5 heteroatoms. The summed E-state index contributed by atoms with van der Waals surface area (Å²) in [6, 6.07) is 1.39. The van der Waals surface area contributed by atoms with Gasteiger partial charge < -0.3 is 18.8 Å². The predicted molar refractivity (Wildman–Crippen MR) is 64.5 cm³/mol. The van der Waals surface area contributed by atoms with Gasteiger partial charge >= 0.3 is 0 Å². The summed E-state index contributed by atoms with van der Waals surface area (Å²) in [6.07, 6.45) is 1.50. The summed E-state index contributed by atoms with van der Waals surface area (Å²) in [5.41, 5.74) is 1.31. The van der Waals surface area contributed by atoms with Crippen LogP contribution in [0.4, 0.5) is 5.88 Å². The van der Waals surface area contributed by atoms with Crippen LogP contribution in [0.3, 0.4) is 0 Å². The van der Waals surface area contributed by atoms with E-state index in [1.54, 1.807) is 4.90 Å². The SMILES string of the molecule is CCN(CCO)c1cc(=O)c2occ(C)c2o1. The molecule has 0 aliphatic heterocycles. The molecule has 0 atom stereocenters. The fraction of sp³-hybridized carbons (Fsp3) is 0.417. The highest BCUT2D eigenvalue weighted by atomic mass is 16.4. The standard InChI is InChI=1S/C12H15NO4/c1-3-13(4-5-14)10-6-9(15)12-11(17-10)8(2)7-16-12/h6-7,14H,3-5H2,1-2H3. The number of rotatable bonds is 4. The van der Waals surface area contributed by atoms with E-state index in [0.717, 1.165) is 5.56 Å². The second-order valence-electron chi connectivity index (χ2n) is 3.83. The highest BCUT2D eigenvalue weighted by Gasteiger charge is 2.14. The number of anilines is 1. The van der Waals surface area contributed by atoms with E-state index in [1.807, 2.05) is 13.8 Å². The minimum atomic E-state index is -0.203. The Morgan fingerprint density at radius 3 is 2.82 bits per heavy atom. The van der Waals surface area contributed by atoms with Crippen molar-refractivity contribution in [1.82, 2.24) is 0 Å². The molecule has 0 amide bonds. The number of fused-ring (bicyclic) bond motifs is 1. The average Bonchev–Trinajstić information content (AvgIpc) is 2.69. The molecule has 0 radical (unpaired) electrons. The van der Waals surface area contributed by atoms with Crippen LogP contribution in [0.1, 0.15) is 12.5 Å². The number of furan rings is 1. The maximum absolute atomic E-state index is 11.8. The van der Waals surface area contributed by atoms with Crippen LogP contribution in [0.5, 0.6) is 0 Å². The molecular weight excluding hydrogens is 222 g/mol. The summed E-state index contributed by atoms with van der Waals surface area (Å²) in [6.45, 7) is 4.86. The van der Waals surface area contributed by atoms with Crippen molar-refractivity contribution < 1.29 is 13.9 Å². The summed E-state index contributed by atoms with van der Waals surface area (Å²) >= 11 is 0. The summed E-state index contributed by atoms with van der Waals surface area (Å²) in [5, 5.41) is 8.95. The Balaban J connectivity index is 2.55. The lowest BCUT2D eigenvalue weighted by atomic mass is 10.3. The smallest absolute Gasteiger partial charge is 0.230 e. The highest BCUT2D eigenvalue weighted by molar-refractivity contribution is 5.75. The van der Waals surface area contributed by atoms with Crippen LogP contribution < -0.4 is 10.3 Å². The van der Waals surface area contributed by atoms with Gasteiger partial charge in [0.25, 0.3) is 0 Å². The third kappa shape index (κ3) is 2.06. The van der Waals surface area contributed by atoms with Crippen LogP contribution in [-0.4, -0.2) is 24.8 Å².